The van der Waals surface area contributed by atoms with Crippen molar-refractivity contribution in [2.45, 2.75) is 32.4 Å². The number of carbonyl (C=O) groups is 2. The number of nitro groups is 1. The standard InChI is InChI=1S/C24H24N2O6/c1-16(2)32-24(28)14-21(20-9-5-6-10-22(20)26(29)30)25-23(27)15-31-19-12-11-17-7-3-4-8-18(17)13-19/h3-13,16,21H,14-15H2,1-2H3,(H,25,27). The zero-order valence-electron chi connectivity index (χ0n) is 17.8. The number of amides is 1. The fourth-order valence-corrected chi connectivity index (χ4v) is 3.31. The van der Waals surface area contributed by atoms with Gasteiger partial charge in [0.25, 0.3) is 11.6 Å². The smallest absolute Gasteiger partial charge is 0.308 e. The van der Waals surface area contributed by atoms with E-state index in [1.54, 1.807) is 26.0 Å². The van der Waals surface area contributed by atoms with Crippen molar-refractivity contribution in [1.82, 2.24) is 5.32 Å². The Morgan fingerprint density at radius 3 is 2.41 bits per heavy atom. The van der Waals surface area contributed by atoms with Gasteiger partial charge in [-0.3, -0.25) is 19.7 Å². The molecule has 8 nitrogen and oxygen atoms in total. The number of ether oxygens (including phenoxy) is 2. The predicted octanol–water partition coefficient (Wildman–Crippen LogP) is 4.33. The van der Waals surface area contributed by atoms with Crippen molar-refractivity contribution < 1.29 is 24.0 Å². The number of carbonyl (C=O) groups excluding carboxylic acids is 2. The Morgan fingerprint density at radius 2 is 1.69 bits per heavy atom. The van der Waals surface area contributed by atoms with Crippen LogP contribution in [0.3, 0.4) is 0 Å². The van der Waals surface area contributed by atoms with Crippen LogP contribution in [0.2, 0.25) is 0 Å². The van der Waals surface area contributed by atoms with Gasteiger partial charge < -0.3 is 14.8 Å². The van der Waals surface area contributed by atoms with Crippen LogP contribution < -0.4 is 10.1 Å². The first kappa shape index (κ1) is 22.7. The van der Waals surface area contributed by atoms with Crippen LogP contribution in [0.15, 0.2) is 66.7 Å². The number of benzene rings is 3. The summed E-state index contributed by atoms with van der Waals surface area (Å²) in [6.45, 7) is 3.09. The van der Waals surface area contributed by atoms with Crippen LogP contribution in [0, 0.1) is 10.1 Å². The second-order valence-corrected chi connectivity index (χ2v) is 7.48. The van der Waals surface area contributed by atoms with Gasteiger partial charge >= 0.3 is 5.97 Å². The van der Waals surface area contributed by atoms with Crippen LogP contribution in [0.5, 0.6) is 5.75 Å². The van der Waals surface area contributed by atoms with Gasteiger partial charge in [0.05, 0.1) is 29.1 Å². The highest BCUT2D eigenvalue weighted by atomic mass is 16.6. The van der Waals surface area contributed by atoms with Crippen LogP contribution in [-0.4, -0.2) is 29.5 Å². The van der Waals surface area contributed by atoms with E-state index in [4.69, 9.17) is 9.47 Å². The minimum atomic E-state index is -0.935. The number of hydrogen-bond donors (Lipinski definition) is 1. The third-order valence-electron chi connectivity index (χ3n) is 4.67. The quantitative estimate of drug-likeness (QED) is 0.304. The van der Waals surface area contributed by atoms with E-state index in [1.165, 1.54) is 18.2 Å². The van der Waals surface area contributed by atoms with Gasteiger partial charge in [0.1, 0.15) is 5.75 Å². The molecule has 0 saturated carbocycles. The third kappa shape index (κ3) is 6.04. The van der Waals surface area contributed by atoms with Gasteiger partial charge in [0.15, 0.2) is 6.61 Å². The molecule has 0 spiro atoms. The number of nitro benzene ring substituents is 1. The fraction of sp³-hybridized carbons (Fsp3) is 0.250. The summed E-state index contributed by atoms with van der Waals surface area (Å²) in [4.78, 5) is 35.7. The van der Waals surface area contributed by atoms with Crippen LogP contribution in [0.1, 0.15) is 31.9 Å². The molecule has 1 amide bonds. The molecule has 0 aliphatic heterocycles. The number of hydrogen-bond acceptors (Lipinski definition) is 6. The van der Waals surface area contributed by atoms with E-state index < -0.39 is 22.8 Å². The summed E-state index contributed by atoms with van der Waals surface area (Å²) in [6.07, 6.45) is -0.592. The van der Waals surface area contributed by atoms with Gasteiger partial charge in [-0.15, -0.1) is 0 Å². The van der Waals surface area contributed by atoms with E-state index in [9.17, 15) is 19.7 Å². The van der Waals surface area contributed by atoms with Gasteiger partial charge in [-0.05, 0) is 36.8 Å². The molecule has 0 aliphatic rings. The molecule has 1 unspecified atom stereocenters. The van der Waals surface area contributed by atoms with E-state index in [1.807, 2.05) is 36.4 Å². The molecule has 1 atom stereocenters. The van der Waals surface area contributed by atoms with Crippen LogP contribution in [0.25, 0.3) is 10.8 Å². The molecule has 3 rings (SSSR count). The van der Waals surface area contributed by atoms with Crippen molar-refractivity contribution in [2.75, 3.05) is 6.61 Å². The number of fused-ring (bicyclic) bond motifs is 1. The maximum atomic E-state index is 12.6. The number of esters is 1. The minimum Gasteiger partial charge on any atom is -0.484 e. The molecule has 0 aromatic heterocycles. The average Bonchev–Trinajstić information content (AvgIpc) is 2.76. The SMILES string of the molecule is CC(C)OC(=O)CC(NC(=O)COc1ccc2ccccc2c1)c1ccccc1[N+](=O)[O-]. The minimum absolute atomic E-state index is 0.189. The second kappa shape index (κ2) is 10.4. The highest BCUT2D eigenvalue weighted by molar-refractivity contribution is 5.84. The number of nitrogens with one attached hydrogen (secondary N) is 1. The van der Waals surface area contributed by atoms with Crippen molar-refractivity contribution in [3.05, 3.63) is 82.4 Å². The van der Waals surface area contributed by atoms with E-state index in [0.29, 0.717) is 5.75 Å². The lowest BCUT2D eigenvalue weighted by Gasteiger charge is -2.19. The van der Waals surface area contributed by atoms with Gasteiger partial charge in [-0.1, -0.05) is 48.5 Å². The largest absolute Gasteiger partial charge is 0.484 e. The second-order valence-electron chi connectivity index (χ2n) is 7.48. The Morgan fingerprint density at radius 1 is 1.00 bits per heavy atom. The van der Waals surface area contributed by atoms with E-state index in [0.717, 1.165) is 10.8 Å². The molecular formula is C24H24N2O6. The summed E-state index contributed by atoms with van der Waals surface area (Å²) in [5.41, 5.74) is 0.0304. The third-order valence-corrected chi connectivity index (χ3v) is 4.67. The highest BCUT2D eigenvalue weighted by Gasteiger charge is 2.26. The molecule has 0 aliphatic carbocycles. The molecule has 3 aromatic carbocycles. The van der Waals surface area contributed by atoms with Gasteiger partial charge in [-0.2, -0.15) is 0 Å². The van der Waals surface area contributed by atoms with E-state index in [-0.39, 0.29) is 30.4 Å². The Hall–Kier alpha value is -3.94. The first-order valence-corrected chi connectivity index (χ1v) is 10.2. The molecule has 166 valence electrons. The van der Waals surface area contributed by atoms with Crippen molar-refractivity contribution in [1.29, 1.82) is 0 Å². The summed E-state index contributed by atoms with van der Waals surface area (Å²) in [5, 5.41) is 16.1. The lowest BCUT2D eigenvalue weighted by atomic mass is 10.0. The molecule has 8 heteroatoms. The Labute approximate surface area is 185 Å². The monoisotopic (exact) mass is 436 g/mol. The molecule has 1 N–H and O–H groups in total. The van der Waals surface area contributed by atoms with Gasteiger partial charge in [0, 0.05) is 6.07 Å². The highest BCUT2D eigenvalue weighted by Crippen LogP contribution is 2.27. The molecule has 0 heterocycles. The molecule has 0 radical (unpaired) electrons. The predicted molar refractivity (Wildman–Crippen MR) is 119 cm³/mol. The maximum Gasteiger partial charge on any atom is 0.308 e. The molecule has 3 aromatic rings. The number of rotatable bonds is 9. The lowest BCUT2D eigenvalue weighted by Crippen LogP contribution is -2.34. The zero-order chi connectivity index (χ0) is 23.1. The first-order chi connectivity index (χ1) is 15.3. The topological polar surface area (TPSA) is 108 Å². The Balaban J connectivity index is 1.73. The summed E-state index contributed by atoms with van der Waals surface area (Å²) >= 11 is 0. The van der Waals surface area contributed by atoms with E-state index >= 15 is 0 Å². The first-order valence-electron chi connectivity index (χ1n) is 10.2. The van der Waals surface area contributed by atoms with Gasteiger partial charge in [0.2, 0.25) is 0 Å². The van der Waals surface area contributed by atoms with Crippen LogP contribution >= 0.6 is 0 Å². The van der Waals surface area contributed by atoms with Gasteiger partial charge in [-0.25, -0.2) is 0 Å². The molecule has 32 heavy (non-hydrogen) atoms. The van der Waals surface area contributed by atoms with Crippen LogP contribution in [0.4, 0.5) is 5.69 Å². The fourth-order valence-electron chi connectivity index (χ4n) is 3.31. The van der Waals surface area contributed by atoms with Crippen LogP contribution in [-0.2, 0) is 14.3 Å². The summed E-state index contributed by atoms with van der Waals surface area (Å²) in [5.74, 6) is -0.571. The maximum absolute atomic E-state index is 12.6. The summed E-state index contributed by atoms with van der Waals surface area (Å²) < 4.78 is 10.8. The Bertz CT molecular complexity index is 1130. The normalized spacial score (nSPS) is 11.7. The van der Waals surface area contributed by atoms with Crippen molar-refractivity contribution in [3.8, 4) is 5.75 Å². The average molecular weight is 436 g/mol. The molecular weight excluding hydrogens is 412 g/mol. The molecule has 0 saturated heterocycles. The van der Waals surface area contributed by atoms with E-state index in [2.05, 4.69) is 5.32 Å². The Kier molecular flexibility index (Phi) is 7.38. The van der Waals surface area contributed by atoms with Crippen molar-refractivity contribution in [3.63, 3.8) is 0 Å². The van der Waals surface area contributed by atoms with Crippen molar-refractivity contribution in [2.24, 2.45) is 0 Å². The van der Waals surface area contributed by atoms with Crippen molar-refractivity contribution >= 4 is 28.3 Å². The molecule has 0 bridgehead atoms. The molecule has 0 fully saturated rings. The summed E-state index contributed by atoms with van der Waals surface area (Å²) in [6, 6.07) is 18.3. The lowest BCUT2D eigenvalue weighted by molar-refractivity contribution is -0.385. The zero-order valence-corrected chi connectivity index (χ0v) is 17.8. The number of nitrogens with zero attached hydrogens (tertiary/aromatic N) is 1. The number of para-hydroxylation sites is 1. The summed E-state index contributed by atoms with van der Waals surface area (Å²) in [7, 11) is 0.